The van der Waals surface area contributed by atoms with Crippen LogP contribution in [0.25, 0.3) is 15.9 Å². The molecule has 0 aliphatic carbocycles. The number of para-hydroxylation sites is 1. The number of rotatable bonds is 8. The van der Waals surface area contributed by atoms with Crippen molar-refractivity contribution < 1.29 is 14.3 Å². The number of anilines is 1. The van der Waals surface area contributed by atoms with Crippen LogP contribution in [0.1, 0.15) is 26.5 Å². The molecule has 0 bridgehead atoms. The number of benzene rings is 2. The van der Waals surface area contributed by atoms with Gasteiger partial charge < -0.3 is 10.1 Å². The summed E-state index contributed by atoms with van der Waals surface area (Å²) in [6.45, 7) is 3.25. The largest absolute Gasteiger partial charge is 0.461 e. The Morgan fingerprint density at radius 3 is 2.35 bits per heavy atom. The van der Waals surface area contributed by atoms with Crippen LogP contribution in [0.4, 0.5) is 5.69 Å². The first-order valence-electron chi connectivity index (χ1n) is 12.6. The molecule has 10 nitrogen and oxygen atoms in total. The number of amides is 1. The topological polar surface area (TPSA) is 117 Å². The third kappa shape index (κ3) is 5.10. The van der Waals surface area contributed by atoms with Crippen LogP contribution in [-0.4, -0.2) is 37.4 Å². The number of aryl methyl sites for hydroxylation is 1. The zero-order chi connectivity index (χ0) is 28.4. The van der Waals surface area contributed by atoms with Gasteiger partial charge in [0.2, 0.25) is 5.91 Å². The van der Waals surface area contributed by atoms with E-state index >= 15 is 0 Å². The van der Waals surface area contributed by atoms with Gasteiger partial charge in [-0.2, -0.15) is 0 Å². The fourth-order valence-corrected chi connectivity index (χ4v) is 5.52. The van der Waals surface area contributed by atoms with Crippen molar-refractivity contribution in [2.45, 2.75) is 26.8 Å². The minimum absolute atomic E-state index is 0.130. The lowest BCUT2D eigenvalue weighted by atomic mass is 10.2. The van der Waals surface area contributed by atoms with Gasteiger partial charge in [-0.25, -0.2) is 14.5 Å². The van der Waals surface area contributed by atoms with Gasteiger partial charge >= 0.3 is 5.97 Å². The molecule has 5 rings (SSSR count). The number of nitrogens with zero attached hydrogens (tertiary/aromatic N) is 4. The standard InChI is InChI=1S/C29H27N5O5S/c1-18-23-26(40-25(18)29(38)39-15-14-20-10-6-4-7-11-20)30-17-33(27(23)36)16-22(35)31-24-19(2)32(3)34(28(24)37)21-12-8-5-9-13-21/h4-13,17H,14-16H2,1-3H3,(H,31,35). The van der Waals surface area contributed by atoms with Crippen molar-refractivity contribution in [3.8, 4) is 5.69 Å². The Kier molecular flexibility index (Phi) is 7.47. The molecule has 204 valence electrons. The first kappa shape index (κ1) is 26.8. The van der Waals surface area contributed by atoms with E-state index in [1.807, 2.05) is 48.5 Å². The lowest BCUT2D eigenvalue weighted by Crippen LogP contribution is -2.29. The van der Waals surface area contributed by atoms with Gasteiger partial charge in [-0.3, -0.25) is 23.6 Å². The summed E-state index contributed by atoms with van der Waals surface area (Å²) >= 11 is 1.08. The van der Waals surface area contributed by atoms with Crippen LogP contribution in [0, 0.1) is 13.8 Å². The molecule has 0 saturated carbocycles. The molecular weight excluding hydrogens is 530 g/mol. The molecule has 0 unspecified atom stereocenters. The van der Waals surface area contributed by atoms with Crippen LogP contribution in [0.2, 0.25) is 0 Å². The van der Waals surface area contributed by atoms with E-state index in [1.54, 1.807) is 37.7 Å². The minimum Gasteiger partial charge on any atom is -0.461 e. The lowest BCUT2D eigenvalue weighted by Gasteiger charge is -2.07. The predicted octanol–water partition coefficient (Wildman–Crippen LogP) is 3.60. The van der Waals surface area contributed by atoms with Gasteiger partial charge in [0, 0.05) is 13.5 Å². The van der Waals surface area contributed by atoms with Crippen molar-refractivity contribution in [3.63, 3.8) is 0 Å². The van der Waals surface area contributed by atoms with E-state index in [1.165, 1.54) is 11.0 Å². The van der Waals surface area contributed by atoms with Crippen molar-refractivity contribution in [2.24, 2.45) is 7.05 Å². The van der Waals surface area contributed by atoms with E-state index in [9.17, 15) is 19.2 Å². The average Bonchev–Trinajstić information content (AvgIpc) is 3.40. The summed E-state index contributed by atoms with van der Waals surface area (Å²) in [6.07, 6.45) is 1.85. The number of carbonyl (C=O) groups excluding carboxylic acids is 2. The molecule has 3 aromatic heterocycles. The maximum Gasteiger partial charge on any atom is 0.348 e. The molecule has 40 heavy (non-hydrogen) atoms. The molecule has 0 fully saturated rings. The Bertz CT molecular complexity index is 1830. The quantitative estimate of drug-likeness (QED) is 0.292. The highest BCUT2D eigenvalue weighted by Gasteiger charge is 2.22. The smallest absolute Gasteiger partial charge is 0.348 e. The van der Waals surface area contributed by atoms with Crippen LogP contribution >= 0.6 is 11.3 Å². The summed E-state index contributed by atoms with van der Waals surface area (Å²) in [6, 6.07) is 18.8. The lowest BCUT2D eigenvalue weighted by molar-refractivity contribution is -0.116. The van der Waals surface area contributed by atoms with E-state index < -0.39 is 17.4 Å². The molecule has 3 heterocycles. The van der Waals surface area contributed by atoms with E-state index in [0.29, 0.717) is 33.1 Å². The maximum atomic E-state index is 13.3. The summed E-state index contributed by atoms with van der Waals surface area (Å²) < 4.78 is 9.72. The fourth-order valence-electron chi connectivity index (χ4n) is 4.48. The van der Waals surface area contributed by atoms with Crippen LogP contribution in [0.3, 0.4) is 0 Å². The molecule has 2 aromatic carbocycles. The summed E-state index contributed by atoms with van der Waals surface area (Å²) in [4.78, 5) is 57.1. The number of ether oxygens (including phenoxy) is 1. The first-order valence-corrected chi connectivity index (χ1v) is 13.4. The van der Waals surface area contributed by atoms with Crippen LogP contribution in [0.5, 0.6) is 0 Å². The molecule has 0 saturated heterocycles. The normalized spacial score (nSPS) is 11.1. The minimum atomic E-state index is -0.553. The summed E-state index contributed by atoms with van der Waals surface area (Å²) in [5, 5.41) is 2.92. The third-order valence-corrected chi connectivity index (χ3v) is 7.88. The van der Waals surface area contributed by atoms with E-state index in [2.05, 4.69) is 10.3 Å². The number of hydrogen-bond acceptors (Lipinski definition) is 7. The maximum absolute atomic E-state index is 13.3. The monoisotopic (exact) mass is 557 g/mol. The predicted molar refractivity (Wildman–Crippen MR) is 153 cm³/mol. The number of thiophene rings is 1. The van der Waals surface area contributed by atoms with Crippen molar-refractivity contribution >= 4 is 39.1 Å². The first-order chi connectivity index (χ1) is 19.3. The summed E-state index contributed by atoms with van der Waals surface area (Å²) in [5.74, 6) is -1.07. The number of carbonyl (C=O) groups is 2. The van der Waals surface area contributed by atoms with Crippen LogP contribution in [-0.2, 0) is 29.5 Å². The van der Waals surface area contributed by atoms with Crippen molar-refractivity contribution in [1.82, 2.24) is 18.9 Å². The number of fused-ring (bicyclic) bond motifs is 1. The van der Waals surface area contributed by atoms with Gasteiger partial charge in [0.25, 0.3) is 11.1 Å². The zero-order valence-electron chi connectivity index (χ0n) is 22.2. The number of hydrogen-bond donors (Lipinski definition) is 1. The van der Waals surface area contributed by atoms with Crippen LogP contribution < -0.4 is 16.4 Å². The molecule has 1 N–H and O–H groups in total. The van der Waals surface area contributed by atoms with Gasteiger partial charge in [0.15, 0.2) is 0 Å². The fraction of sp³-hybridized carbons (Fsp3) is 0.207. The third-order valence-electron chi connectivity index (χ3n) is 6.70. The zero-order valence-corrected chi connectivity index (χ0v) is 23.0. The second-order valence-corrected chi connectivity index (χ2v) is 10.3. The Morgan fingerprint density at radius 2 is 1.65 bits per heavy atom. The van der Waals surface area contributed by atoms with Gasteiger partial charge in [-0.1, -0.05) is 48.5 Å². The molecule has 5 aromatic rings. The molecule has 11 heteroatoms. The number of aromatic nitrogens is 4. The molecule has 0 aliphatic heterocycles. The van der Waals surface area contributed by atoms with Gasteiger partial charge in [-0.15, -0.1) is 11.3 Å². The molecule has 0 spiro atoms. The SMILES string of the molecule is Cc1c(C(=O)OCCc2ccccc2)sc2ncn(CC(=O)Nc3c(C)n(C)n(-c4ccccc4)c3=O)c(=O)c12. The van der Waals surface area contributed by atoms with Crippen molar-refractivity contribution in [2.75, 3.05) is 11.9 Å². The highest BCUT2D eigenvalue weighted by Crippen LogP contribution is 2.27. The van der Waals surface area contributed by atoms with E-state index in [0.717, 1.165) is 21.5 Å². The average molecular weight is 558 g/mol. The molecule has 0 radical (unpaired) electrons. The second kappa shape index (κ2) is 11.1. The van der Waals surface area contributed by atoms with Crippen molar-refractivity contribution in [1.29, 1.82) is 0 Å². The Balaban J connectivity index is 1.33. The van der Waals surface area contributed by atoms with E-state index in [4.69, 9.17) is 4.74 Å². The highest BCUT2D eigenvalue weighted by molar-refractivity contribution is 7.20. The van der Waals surface area contributed by atoms with Gasteiger partial charge in [0.1, 0.15) is 21.9 Å². The molecular formula is C29H27N5O5S. The van der Waals surface area contributed by atoms with Gasteiger partial charge in [-0.05, 0) is 37.1 Å². The molecule has 0 atom stereocenters. The van der Waals surface area contributed by atoms with E-state index in [-0.39, 0.29) is 29.8 Å². The van der Waals surface area contributed by atoms with Crippen LogP contribution in [0.15, 0.2) is 76.6 Å². The Labute approximate surface area is 233 Å². The number of esters is 1. The second-order valence-electron chi connectivity index (χ2n) is 9.27. The molecule has 0 aliphatic rings. The number of nitrogens with one attached hydrogen (secondary N) is 1. The van der Waals surface area contributed by atoms with Crippen molar-refractivity contribution in [3.05, 3.63) is 109 Å². The highest BCUT2D eigenvalue weighted by atomic mass is 32.1. The molecule has 1 amide bonds. The summed E-state index contributed by atoms with van der Waals surface area (Å²) in [5.41, 5.74) is 2.02. The Hall–Kier alpha value is -4.77. The summed E-state index contributed by atoms with van der Waals surface area (Å²) in [7, 11) is 1.73. The Morgan fingerprint density at radius 1 is 0.975 bits per heavy atom. The van der Waals surface area contributed by atoms with Gasteiger partial charge in [0.05, 0.1) is 29.7 Å².